The summed E-state index contributed by atoms with van der Waals surface area (Å²) in [6.07, 6.45) is 3.42. The summed E-state index contributed by atoms with van der Waals surface area (Å²) in [7, 11) is 0. The Balaban J connectivity index is 1.66. The summed E-state index contributed by atoms with van der Waals surface area (Å²) in [6, 6.07) is 12.1. The molecule has 27 heavy (non-hydrogen) atoms. The molecule has 1 amide bonds. The van der Waals surface area contributed by atoms with Gasteiger partial charge in [-0.25, -0.2) is 4.39 Å². The Morgan fingerprint density at radius 2 is 2.07 bits per heavy atom. The standard InChI is InChI=1S/C20H15BrFN3OS/c21-16-12-27-18-8-17(20(26)24-10-14-4-2-6-23-9-14)25(19(16)18)11-13-3-1-5-15(22)7-13/h1-9,12H,10-11H2,(H,24,26). The minimum Gasteiger partial charge on any atom is -0.347 e. The zero-order valence-electron chi connectivity index (χ0n) is 14.2. The molecule has 0 unspecified atom stereocenters. The molecule has 0 bridgehead atoms. The zero-order chi connectivity index (χ0) is 18.8. The summed E-state index contributed by atoms with van der Waals surface area (Å²) >= 11 is 5.12. The molecule has 4 rings (SSSR count). The molecule has 3 heterocycles. The van der Waals surface area contributed by atoms with Crippen molar-refractivity contribution in [2.45, 2.75) is 13.1 Å². The quantitative estimate of drug-likeness (QED) is 0.472. The van der Waals surface area contributed by atoms with Crippen LogP contribution in [0.2, 0.25) is 0 Å². The molecule has 0 aliphatic carbocycles. The number of thiophene rings is 1. The first-order chi connectivity index (χ1) is 13.1. The van der Waals surface area contributed by atoms with Gasteiger partial charge in [0.15, 0.2) is 0 Å². The minimum absolute atomic E-state index is 0.175. The lowest BCUT2D eigenvalue weighted by Crippen LogP contribution is -2.25. The Morgan fingerprint density at radius 3 is 2.85 bits per heavy atom. The molecule has 1 aromatic carbocycles. The summed E-state index contributed by atoms with van der Waals surface area (Å²) < 4.78 is 17.4. The lowest BCUT2D eigenvalue weighted by Gasteiger charge is -2.12. The number of aromatic nitrogens is 2. The van der Waals surface area contributed by atoms with E-state index >= 15 is 0 Å². The van der Waals surface area contributed by atoms with Crippen LogP contribution >= 0.6 is 27.3 Å². The van der Waals surface area contributed by atoms with E-state index in [-0.39, 0.29) is 11.7 Å². The van der Waals surface area contributed by atoms with Crippen molar-refractivity contribution in [3.63, 3.8) is 0 Å². The lowest BCUT2D eigenvalue weighted by molar-refractivity contribution is 0.0942. The average Bonchev–Trinajstić information content (AvgIpc) is 3.21. The van der Waals surface area contributed by atoms with Gasteiger partial charge < -0.3 is 9.88 Å². The summed E-state index contributed by atoms with van der Waals surface area (Å²) in [4.78, 5) is 16.9. The topological polar surface area (TPSA) is 46.9 Å². The van der Waals surface area contributed by atoms with E-state index in [1.165, 1.54) is 12.1 Å². The summed E-state index contributed by atoms with van der Waals surface area (Å²) in [5.41, 5.74) is 3.21. The molecule has 0 saturated carbocycles. The number of nitrogens with zero attached hydrogens (tertiary/aromatic N) is 2. The van der Waals surface area contributed by atoms with Gasteiger partial charge in [0.1, 0.15) is 11.5 Å². The molecule has 0 saturated heterocycles. The second-order valence-electron chi connectivity index (χ2n) is 6.09. The first-order valence-electron chi connectivity index (χ1n) is 8.29. The van der Waals surface area contributed by atoms with Gasteiger partial charge in [0.05, 0.1) is 14.7 Å². The Bertz CT molecular complexity index is 1110. The zero-order valence-corrected chi connectivity index (χ0v) is 16.6. The van der Waals surface area contributed by atoms with Crippen molar-refractivity contribution in [3.8, 4) is 0 Å². The smallest absolute Gasteiger partial charge is 0.268 e. The SMILES string of the molecule is O=C(NCc1cccnc1)c1cc2scc(Br)c2n1Cc1cccc(F)c1. The van der Waals surface area contributed by atoms with Gasteiger partial charge in [-0.3, -0.25) is 9.78 Å². The number of hydrogen-bond donors (Lipinski definition) is 1. The summed E-state index contributed by atoms with van der Waals surface area (Å²) in [5, 5.41) is 4.93. The maximum Gasteiger partial charge on any atom is 0.268 e. The van der Waals surface area contributed by atoms with Crippen molar-refractivity contribution < 1.29 is 9.18 Å². The van der Waals surface area contributed by atoms with Crippen LogP contribution in [0.25, 0.3) is 10.2 Å². The molecule has 0 radical (unpaired) electrons. The average molecular weight is 444 g/mol. The molecule has 0 fully saturated rings. The maximum absolute atomic E-state index is 13.6. The second-order valence-corrected chi connectivity index (χ2v) is 7.85. The number of nitrogens with one attached hydrogen (secondary N) is 1. The van der Waals surface area contributed by atoms with Crippen LogP contribution in [0.5, 0.6) is 0 Å². The van der Waals surface area contributed by atoms with E-state index < -0.39 is 0 Å². The van der Waals surface area contributed by atoms with E-state index in [1.807, 2.05) is 34.2 Å². The van der Waals surface area contributed by atoms with Gasteiger partial charge in [-0.05, 0) is 51.3 Å². The maximum atomic E-state index is 13.6. The van der Waals surface area contributed by atoms with Crippen LogP contribution in [-0.4, -0.2) is 15.5 Å². The van der Waals surface area contributed by atoms with Crippen LogP contribution in [0.4, 0.5) is 4.39 Å². The van der Waals surface area contributed by atoms with E-state index in [2.05, 4.69) is 26.2 Å². The van der Waals surface area contributed by atoms with E-state index in [4.69, 9.17) is 0 Å². The number of fused-ring (bicyclic) bond motifs is 1. The highest BCUT2D eigenvalue weighted by atomic mass is 79.9. The molecule has 136 valence electrons. The molecule has 3 aromatic heterocycles. The van der Waals surface area contributed by atoms with Crippen LogP contribution in [0, 0.1) is 5.82 Å². The highest BCUT2D eigenvalue weighted by Crippen LogP contribution is 2.33. The fourth-order valence-electron chi connectivity index (χ4n) is 2.98. The van der Waals surface area contributed by atoms with E-state index in [0.717, 1.165) is 25.8 Å². The summed E-state index contributed by atoms with van der Waals surface area (Å²) in [6.45, 7) is 0.804. The molecule has 4 nitrogen and oxygen atoms in total. The number of hydrogen-bond acceptors (Lipinski definition) is 3. The van der Waals surface area contributed by atoms with Gasteiger partial charge >= 0.3 is 0 Å². The highest BCUT2D eigenvalue weighted by Gasteiger charge is 2.19. The van der Waals surface area contributed by atoms with Crippen LogP contribution < -0.4 is 5.32 Å². The number of rotatable bonds is 5. The van der Waals surface area contributed by atoms with Gasteiger partial charge in [0.2, 0.25) is 0 Å². The molecule has 7 heteroatoms. The van der Waals surface area contributed by atoms with Gasteiger partial charge in [0, 0.05) is 30.9 Å². The minimum atomic E-state index is -0.289. The van der Waals surface area contributed by atoms with Gasteiger partial charge in [0.25, 0.3) is 5.91 Å². The van der Waals surface area contributed by atoms with E-state index in [0.29, 0.717) is 18.8 Å². The number of halogens is 2. The van der Waals surface area contributed by atoms with Gasteiger partial charge in [-0.2, -0.15) is 0 Å². The monoisotopic (exact) mass is 443 g/mol. The van der Waals surface area contributed by atoms with Crippen molar-refractivity contribution >= 4 is 43.4 Å². The fraction of sp³-hybridized carbons (Fsp3) is 0.100. The predicted molar refractivity (Wildman–Crippen MR) is 108 cm³/mol. The normalized spacial score (nSPS) is 11.0. The Kier molecular flexibility index (Phi) is 5.05. The number of carbonyl (C=O) groups is 1. The van der Waals surface area contributed by atoms with Crippen molar-refractivity contribution in [1.29, 1.82) is 0 Å². The molecule has 0 spiro atoms. The lowest BCUT2D eigenvalue weighted by atomic mass is 10.2. The second kappa shape index (κ2) is 7.62. The van der Waals surface area contributed by atoms with Crippen molar-refractivity contribution in [2.75, 3.05) is 0 Å². The first kappa shape index (κ1) is 17.9. The Morgan fingerprint density at radius 1 is 1.22 bits per heavy atom. The summed E-state index contributed by atoms with van der Waals surface area (Å²) in [5.74, 6) is -0.464. The Labute approximate surface area is 167 Å². The van der Waals surface area contributed by atoms with Crippen LogP contribution in [0.1, 0.15) is 21.6 Å². The van der Waals surface area contributed by atoms with Crippen LogP contribution in [-0.2, 0) is 13.1 Å². The molecular weight excluding hydrogens is 429 g/mol. The third-order valence-electron chi connectivity index (χ3n) is 4.22. The molecule has 0 atom stereocenters. The van der Waals surface area contributed by atoms with E-state index in [9.17, 15) is 9.18 Å². The third kappa shape index (κ3) is 3.79. The fourth-order valence-corrected chi connectivity index (χ4v) is 4.67. The van der Waals surface area contributed by atoms with Crippen LogP contribution in [0.15, 0.2) is 64.7 Å². The van der Waals surface area contributed by atoms with E-state index in [1.54, 1.807) is 29.8 Å². The van der Waals surface area contributed by atoms with Crippen molar-refractivity contribution in [2.24, 2.45) is 0 Å². The number of pyridine rings is 1. The van der Waals surface area contributed by atoms with Crippen LogP contribution in [0.3, 0.4) is 0 Å². The number of carbonyl (C=O) groups excluding carboxylic acids is 1. The molecule has 0 aliphatic heterocycles. The number of benzene rings is 1. The van der Waals surface area contributed by atoms with Gasteiger partial charge in [-0.15, -0.1) is 11.3 Å². The molecule has 4 aromatic rings. The number of amides is 1. The largest absolute Gasteiger partial charge is 0.347 e. The first-order valence-corrected chi connectivity index (χ1v) is 9.97. The van der Waals surface area contributed by atoms with Gasteiger partial charge in [-0.1, -0.05) is 18.2 Å². The molecule has 1 N–H and O–H groups in total. The Hall–Kier alpha value is -2.51. The molecule has 0 aliphatic rings. The van der Waals surface area contributed by atoms with Crippen molar-refractivity contribution in [1.82, 2.24) is 14.9 Å². The third-order valence-corrected chi connectivity index (χ3v) is 6.04. The van der Waals surface area contributed by atoms with Crippen molar-refractivity contribution in [3.05, 3.63) is 87.3 Å². The highest BCUT2D eigenvalue weighted by molar-refractivity contribution is 9.10. The molecular formula is C20H15BrFN3OS. The predicted octanol–water partition coefficient (Wildman–Crippen LogP) is 4.98.